The summed E-state index contributed by atoms with van der Waals surface area (Å²) in [5.74, 6) is 0.319. The molecule has 12 heteroatoms. The first kappa shape index (κ1) is 36.8. The van der Waals surface area contributed by atoms with Crippen LogP contribution in [-0.2, 0) is 16.0 Å². The summed E-state index contributed by atoms with van der Waals surface area (Å²) in [6, 6.07) is 21.1. The second-order valence-electron chi connectivity index (χ2n) is 14.7. The molecule has 2 aliphatic rings. The summed E-state index contributed by atoms with van der Waals surface area (Å²) in [6.45, 7) is 2.64. The highest BCUT2D eigenvalue weighted by Crippen LogP contribution is 2.29. The molecule has 2 aliphatic carbocycles. The Hall–Kier alpha value is -4.94. The van der Waals surface area contributed by atoms with Crippen LogP contribution in [0.3, 0.4) is 0 Å². The lowest BCUT2D eigenvalue weighted by Crippen LogP contribution is -2.48. The summed E-state index contributed by atoms with van der Waals surface area (Å²) in [5.41, 5.74) is 11.7. The van der Waals surface area contributed by atoms with Gasteiger partial charge in [-0.1, -0.05) is 30.3 Å². The number of nitrogens with one attached hydrogen (secondary N) is 4. The number of rotatable bonds is 12. The van der Waals surface area contributed by atoms with Gasteiger partial charge in [-0.15, -0.1) is 10.2 Å². The first-order valence-corrected chi connectivity index (χ1v) is 18.5. The van der Waals surface area contributed by atoms with Crippen LogP contribution in [0, 0.1) is 18.8 Å². The first-order valence-electron chi connectivity index (χ1n) is 18.5. The minimum Gasteiger partial charge on any atom is -0.349 e. The second-order valence-corrected chi connectivity index (χ2v) is 14.7. The fraction of sp³-hybridized carbons (Fsp3) is 0.450. The van der Waals surface area contributed by atoms with Crippen LogP contribution in [0.1, 0.15) is 72.9 Å². The highest BCUT2D eigenvalue weighted by molar-refractivity contribution is 5.98. The summed E-state index contributed by atoms with van der Waals surface area (Å²) in [6.07, 6.45) is 7.82. The number of aryl methyl sites for hydroxylation is 1. The fourth-order valence-electron chi connectivity index (χ4n) is 7.53. The Morgan fingerprint density at radius 2 is 1.56 bits per heavy atom. The number of H-pyrrole nitrogens is 1. The van der Waals surface area contributed by atoms with E-state index in [1.165, 1.54) is 0 Å². The largest absolute Gasteiger partial charge is 0.349 e. The molecule has 1 heterocycles. The van der Waals surface area contributed by atoms with Crippen molar-refractivity contribution in [1.29, 1.82) is 0 Å². The first-order chi connectivity index (χ1) is 25.1. The normalized spacial score (nSPS) is 20.9. The molecule has 12 nitrogen and oxygen atoms in total. The maximum atomic E-state index is 13.7. The van der Waals surface area contributed by atoms with Crippen LogP contribution in [-0.4, -0.2) is 82.0 Å². The van der Waals surface area contributed by atoms with Gasteiger partial charge in [0.2, 0.25) is 17.6 Å². The Labute approximate surface area is 305 Å². The van der Waals surface area contributed by atoms with E-state index in [0.29, 0.717) is 42.0 Å². The van der Waals surface area contributed by atoms with Gasteiger partial charge in [0, 0.05) is 41.2 Å². The molecule has 0 aliphatic heterocycles. The number of anilines is 1. The van der Waals surface area contributed by atoms with E-state index in [2.05, 4.69) is 61.6 Å². The maximum absolute atomic E-state index is 13.7. The zero-order valence-corrected chi connectivity index (χ0v) is 30.4. The topological polar surface area (TPSA) is 171 Å². The predicted octanol–water partition coefficient (Wildman–Crippen LogP) is 4.88. The van der Waals surface area contributed by atoms with Crippen molar-refractivity contribution in [3.8, 4) is 22.5 Å². The SMILES string of the molecule is Cc1cc(C(=O)NC2CCC(N(C)C)CC2)cc(-c2ccc(CC(NC(=O)C3CCC(CN)CC3)C(=O)Nc3ccc(-c4nn[nH]n4)cc3)cc2)c1. The third-order valence-electron chi connectivity index (χ3n) is 10.8. The lowest BCUT2D eigenvalue weighted by atomic mass is 9.81. The van der Waals surface area contributed by atoms with E-state index in [0.717, 1.165) is 79.2 Å². The lowest BCUT2D eigenvalue weighted by Gasteiger charge is -2.33. The number of hydrogen-bond donors (Lipinski definition) is 5. The number of aromatic amines is 1. The molecule has 2 saturated carbocycles. The molecule has 6 rings (SSSR count). The van der Waals surface area contributed by atoms with Gasteiger partial charge in [0.15, 0.2) is 0 Å². The zero-order chi connectivity index (χ0) is 36.6. The van der Waals surface area contributed by atoms with E-state index in [1.54, 1.807) is 24.3 Å². The van der Waals surface area contributed by atoms with E-state index in [1.807, 2.05) is 43.3 Å². The minimum atomic E-state index is -0.787. The Kier molecular flexibility index (Phi) is 12.1. The Morgan fingerprint density at radius 3 is 2.19 bits per heavy atom. The molecule has 1 unspecified atom stereocenters. The number of tetrazole rings is 1. The molecule has 3 amide bonds. The maximum Gasteiger partial charge on any atom is 0.251 e. The third kappa shape index (κ3) is 9.48. The van der Waals surface area contributed by atoms with Gasteiger partial charge < -0.3 is 26.6 Å². The number of amides is 3. The van der Waals surface area contributed by atoms with Crippen molar-refractivity contribution in [1.82, 2.24) is 36.2 Å². The molecule has 0 bridgehead atoms. The molecular weight excluding hydrogens is 654 g/mol. The van der Waals surface area contributed by atoms with Crippen LogP contribution in [0.25, 0.3) is 22.5 Å². The molecule has 1 atom stereocenters. The molecule has 274 valence electrons. The second kappa shape index (κ2) is 17.1. The molecule has 2 fully saturated rings. The monoisotopic (exact) mass is 705 g/mol. The molecule has 4 aromatic rings. The highest BCUT2D eigenvalue weighted by Gasteiger charge is 2.30. The van der Waals surface area contributed by atoms with Crippen LogP contribution >= 0.6 is 0 Å². The average Bonchev–Trinajstić information content (AvgIpc) is 3.70. The van der Waals surface area contributed by atoms with Crippen LogP contribution in [0.5, 0.6) is 0 Å². The number of carbonyl (C=O) groups excluding carboxylic acids is 3. The summed E-state index contributed by atoms with van der Waals surface area (Å²) < 4.78 is 0. The van der Waals surface area contributed by atoms with E-state index in [9.17, 15) is 14.4 Å². The van der Waals surface area contributed by atoms with Gasteiger partial charge in [-0.3, -0.25) is 14.4 Å². The Bertz CT molecular complexity index is 1790. The summed E-state index contributed by atoms with van der Waals surface area (Å²) in [7, 11) is 4.24. The molecule has 0 radical (unpaired) electrons. The van der Waals surface area contributed by atoms with Gasteiger partial charge in [-0.05, 0) is 149 Å². The number of aromatic nitrogens is 4. The van der Waals surface area contributed by atoms with E-state index < -0.39 is 6.04 Å². The van der Waals surface area contributed by atoms with Crippen molar-refractivity contribution >= 4 is 23.4 Å². The number of benzene rings is 3. The number of nitrogens with zero attached hydrogens (tertiary/aromatic N) is 4. The van der Waals surface area contributed by atoms with Gasteiger partial charge in [-0.2, -0.15) is 5.21 Å². The smallest absolute Gasteiger partial charge is 0.251 e. The van der Waals surface area contributed by atoms with Crippen LogP contribution < -0.4 is 21.7 Å². The highest BCUT2D eigenvalue weighted by atomic mass is 16.2. The lowest BCUT2D eigenvalue weighted by molar-refractivity contribution is -0.130. The third-order valence-corrected chi connectivity index (χ3v) is 10.8. The van der Waals surface area contributed by atoms with Crippen LogP contribution in [0.4, 0.5) is 5.69 Å². The van der Waals surface area contributed by atoms with Crippen LogP contribution in [0.2, 0.25) is 0 Å². The molecule has 3 aromatic carbocycles. The molecule has 6 N–H and O–H groups in total. The zero-order valence-electron chi connectivity index (χ0n) is 30.4. The van der Waals surface area contributed by atoms with E-state index in [-0.39, 0.29) is 29.7 Å². The van der Waals surface area contributed by atoms with Crippen molar-refractivity contribution in [3.63, 3.8) is 0 Å². The summed E-state index contributed by atoms with van der Waals surface area (Å²) in [5, 5.41) is 23.4. The van der Waals surface area contributed by atoms with E-state index >= 15 is 0 Å². The molecule has 1 aromatic heterocycles. The van der Waals surface area contributed by atoms with Crippen molar-refractivity contribution in [2.45, 2.75) is 82.8 Å². The summed E-state index contributed by atoms with van der Waals surface area (Å²) in [4.78, 5) is 42.8. The van der Waals surface area contributed by atoms with Crippen molar-refractivity contribution < 1.29 is 14.4 Å². The Balaban J connectivity index is 1.14. The van der Waals surface area contributed by atoms with E-state index in [4.69, 9.17) is 5.73 Å². The van der Waals surface area contributed by atoms with Gasteiger partial charge in [-0.25, -0.2) is 0 Å². The fourth-order valence-corrected chi connectivity index (χ4v) is 7.53. The van der Waals surface area contributed by atoms with Crippen molar-refractivity contribution in [2.75, 3.05) is 26.0 Å². The van der Waals surface area contributed by atoms with Gasteiger partial charge in [0.25, 0.3) is 5.91 Å². The quantitative estimate of drug-likeness (QED) is 0.139. The van der Waals surface area contributed by atoms with Gasteiger partial charge >= 0.3 is 0 Å². The number of nitrogens with two attached hydrogens (primary N) is 1. The molecular formula is C40H51N9O3. The number of carbonyl (C=O) groups is 3. The van der Waals surface area contributed by atoms with Crippen LogP contribution in [0.15, 0.2) is 66.7 Å². The standard InChI is InChI=1S/C40H51N9O3/c1-25-20-31(23-32(21-25)39(51)42-34-16-18-35(19-17-34)49(2)3)28-8-4-26(5-9-28)22-36(44-38(50)30-10-6-27(24-41)7-11-30)40(52)43-33-14-12-29(13-15-33)37-45-47-48-46-37/h4-5,8-9,12-15,20-21,23,27,30,34-36H,6-7,10-11,16-19,22,24,41H2,1-3H3,(H,42,51)(H,43,52)(H,44,50)(H,45,46,47,48). The predicted molar refractivity (Wildman–Crippen MR) is 202 cm³/mol. The molecule has 0 saturated heterocycles. The molecule has 0 spiro atoms. The van der Waals surface area contributed by atoms with Gasteiger partial charge in [0.05, 0.1) is 0 Å². The average molecular weight is 706 g/mol. The summed E-state index contributed by atoms with van der Waals surface area (Å²) >= 11 is 0. The van der Waals surface area contributed by atoms with Crippen molar-refractivity contribution in [2.24, 2.45) is 17.6 Å². The Morgan fingerprint density at radius 1 is 0.865 bits per heavy atom. The minimum absolute atomic E-state index is 0.0413. The van der Waals surface area contributed by atoms with Gasteiger partial charge in [0.1, 0.15) is 6.04 Å². The molecule has 52 heavy (non-hydrogen) atoms. The number of hydrogen-bond acceptors (Lipinski definition) is 8. The van der Waals surface area contributed by atoms with Crippen molar-refractivity contribution in [3.05, 3.63) is 83.4 Å².